The topological polar surface area (TPSA) is 9.23 Å². The van der Waals surface area contributed by atoms with Gasteiger partial charge in [0.25, 0.3) is 0 Å². The molecule has 3 rings (SSSR count). The third-order valence-corrected chi connectivity index (χ3v) is 7.52. The first-order valence-corrected chi connectivity index (χ1v) is 12.2. The van der Waals surface area contributed by atoms with Gasteiger partial charge in [-0.1, -0.05) is 51.9 Å². The van der Waals surface area contributed by atoms with Gasteiger partial charge in [0, 0.05) is 11.3 Å². The van der Waals surface area contributed by atoms with Crippen molar-refractivity contribution in [2.24, 2.45) is 11.8 Å². The van der Waals surface area contributed by atoms with Crippen LogP contribution in [-0.4, -0.2) is 36.5 Å². The summed E-state index contributed by atoms with van der Waals surface area (Å²) in [5.74, 6) is -0.336. The molecule has 0 N–H and O–H groups in total. The third kappa shape index (κ3) is 5.56. The van der Waals surface area contributed by atoms with Crippen molar-refractivity contribution in [1.82, 2.24) is 0 Å². The minimum Gasteiger partial charge on any atom is -0.490 e. The first-order valence-electron chi connectivity index (χ1n) is 11.8. The fraction of sp³-hybridized carbons (Fsp3) is 0.720. The lowest BCUT2D eigenvalue weighted by molar-refractivity contribution is -0.159. The molecule has 32 heavy (non-hydrogen) atoms. The van der Waals surface area contributed by atoms with E-state index in [0.29, 0.717) is 42.9 Å². The second-order valence-electron chi connectivity index (χ2n) is 9.48. The Bertz CT molecular complexity index is 711. The summed E-state index contributed by atoms with van der Waals surface area (Å²) in [5, 5.41) is 0. The second kappa shape index (κ2) is 11.0. The standard InChI is InChI=1S/C25H34F5OS/c1-2-3-4-5-6-17-7-9-18(10-8-17)25(30)21(26)15-24(29,22(27)23(25)28)16-31-19-11-13-20(32)14-12-19/h11-15,17-18,21-23,32H,2-10,16H2,1H3/t17-,18-,21?,22?,23?,24?,25?. The minimum absolute atomic E-state index is 0.209. The molecule has 7 heteroatoms. The van der Waals surface area contributed by atoms with Gasteiger partial charge in [-0.3, -0.25) is 0 Å². The van der Waals surface area contributed by atoms with E-state index < -0.39 is 42.4 Å². The highest BCUT2D eigenvalue weighted by molar-refractivity contribution is 7.80. The van der Waals surface area contributed by atoms with Gasteiger partial charge in [-0.2, -0.15) is 0 Å². The lowest BCUT2D eigenvalue weighted by atomic mass is 9.64. The number of thiol groups is 1. The Morgan fingerprint density at radius 1 is 0.938 bits per heavy atom. The Morgan fingerprint density at radius 3 is 2.22 bits per heavy atom. The van der Waals surface area contributed by atoms with Crippen LogP contribution in [0.15, 0.2) is 29.2 Å². The van der Waals surface area contributed by atoms with E-state index in [1.165, 1.54) is 18.6 Å². The van der Waals surface area contributed by atoms with E-state index in [4.69, 9.17) is 4.74 Å². The fourth-order valence-electron chi connectivity index (χ4n) is 5.15. The maximum atomic E-state index is 15.7. The van der Waals surface area contributed by atoms with E-state index >= 15 is 13.2 Å². The maximum Gasteiger partial charge on any atom is 0.184 e. The van der Waals surface area contributed by atoms with Crippen LogP contribution >= 0.6 is 12.6 Å². The normalized spacial score (nSPS) is 37.9. The van der Waals surface area contributed by atoms with Crippen LogP contribution in [0, 0.1) is 18.3 Å². The summed E-state index contributed by atoms with van der Waals surface area (Å²) < 4.78 is 80.9. The van der Waals surface area contributed by atoms with Crippen molar-refractivity contribution in [3.05, 3.63) is 30.7 Å². The molecular weight excluding hydrogens is 443 g/mol. The molecule has 1 radical (unpaired) electrons. The molecule has 0 aromatic heterocycles. The predicted octanol–water partition coefficient (Wildman–Crippen LogP) is 7.78. The highest BCUT2D eigenvalue weighted by atomic mass is 32.1. The zero-order valence-corrected chi connectivity index (χ0v) is 19.5. The molecule has 0 heterocycles. The summed E-state index contributed by atoms with van der Waals surface area (Å²) in [6.07, 6.45) is -0.378. The van der Waals surface area contributed by atoms with Crippen LogP contribution in [-0.2, 0) is 0 Å². The van der Waals surface area contributed by atoms with Crippen molar-refractivity contribution in [2.75, 3.05) is 6.61 Å². The van der Waals surface area contributed by atoms with Gasteiger partial charge < -0.3 is 4.74 Å². The molecule has 2 aliphatic carbocycles. The van der Waals surface area contributed by atoms with Gasteiger partial charge in [0.2, 0.25) is 0 Å². The Hall–Kier alpha value is -0.980. The number of unbranched alkanes of at least 4 members (excludes halogenated alkanes) is 3. The van der Waals surface area contributed by atoms with E-state index in [1.807, 2.05) is 0 Å². The predicted molar refractivity (Wildman–Crippen MR) is 120 cm³/mol. The zero-order valence-electron chi connectivity index (χ0n) is 18.6. The molecule has 0 aliphatic heterocycles. The molecule has 2 saturated carbocycles. The number of halogens is 5. The van der Waals surface area contributed by atoms with Crippen LogP contribution in [0.1, 0.15) is 64.7 Å². The van der Waals surface area contributed by atoms with Crippen LogP contribution in [0.25, 0.3) is 0 Å². The summed E-state index contributed by atoms with van der Waals surface area (Å²) in [7, 11) is 0. The average molecular weight is 478 g/mol. The average Bonchev–Trinajstić information content (AvgIpc) is 2.79. The molecule has 1 nitrogen and oxygen atoms in total. The summed E-state index contributed by atoms with van der Waals surface area (Å²) in [6.45, 7) is 1.21. The zero-order chi connectivity index (χ0) is 23.4. The van der Waals surface area contributed by atoms with Crippen LogP contribution in [0.5, 0.6) is 5.75 Å². The van der Waals surface area contributed by atoms with Crippen LogP contribution < -0.4 is 4.74 Å². The molecule has 0 bridgehead atoms. The monoisotopic (exact) mass is 477 g/mol. The van der Waals surface area contributed by atoms with Gasteiger partial charge in [-0.05, 0) is 48.9 Å². The molecule has 0 amide bonds. The van der Waals surface area contributed by atoms with Gasteiger partial charge in [0.15, 0.2) is 23.7 Å². The first-order chi connectivity index (χ1) is 15.2. The number of alkyl halides is 5. The molecule has 2 fully saturated rings. The lowest BCUT2D eigenvalue weighted by Crippen LogP contribution is -2.66. The largest absolute Gasteiger partial charge is 0.490 e. The number of hydrogen-bond donors (Lipinski definition) is 1. The van der Waals surface area contributed by atoms with Crippen molar-refractivity contribution in [3.63, 3.8) is 0 Å². The quantitative estimate of drug-likeness (QED) is 0.217. The summed E-state index contributed by atoms with van der Waals surface area (Å²) in [4.78, 5) is 0.644. The number of rotatable bonds is 9. The summed E-state index contributed by atoms with van der Waals surface area (Å²) in [5.41, 5.74) is -6.10. The molecule has 5 atom stereocenters. The van der Waals surface area contributed by atoms with E-state index in [2.05, 4.69) is 19.6 Å². The Labute approximate surface area is 193 Å². The van der Waals surface area contributed by atoms with E-state index in [1.54, 1.807) is 12.1 Å². The third-order valence-electron chi connectivity index (χ3n) is 7.22. The Kier molecular flexibility index (Phi) is 8.78. The number of ether oxygens (including phenoxy) is 1. The molecule has 181 valence electrons. The van der Waals surface area contributed by atoms with E-state index in [0.717, 1.165) is 25.7 Å². The van der Waals surface area contributed by atoms with Gasteiger partial charge >= 0.3 is 0 Å². The van der Waals surface area contributed by atoms with E-state index in [9.17, 15) is 8.78 Å². The smallest absolute Gasteiger partial charge is 0.184 e. The SMILES string of the molecule is CCCCCC[C@H]1CC[C@H](C2(F)C(F)[CH]C(F)(COc3ccc(S)cc3)C(F)C2F)CC1. The van der Waals surface area contributed by atoms with Crippen molar-refractivity contribution < 1.29 is 26.7 Å². The van der Waals surface area contributed by atoms with Crippen molar-refractivity contribution in [1.29, 1.82) is 0 Å². The van der Waals surface area contributed by atoms with Crippen LogP contribution in [0.2, 0.25) is 0 Å². The first kappa shape index (κ1) is 25.6. The van der Waals surface area contributed by atoms with Gasteiger partial charge in [-0.25, -0.2) is 22.0 Å². The lowest BCUT2D eigenvalue weighted by Gasteiger charge is -2.49. The van der Waals surface area contributed by atoms with E-state index in [-0.39, 0.29) is 5.75 Å². The van der Waals surface area contributed by atoms with Crippen LogP contribution in [0.4, 0.5) is 22.0 Å². The summed E-state index contributed by atoms with van der Waals surface area (Å²) >= 11 is 4.12. The molecule has 5 unspecified atom stereocenters. The molecule has 0 spiro atoms. The number of benzene rings is 1. The Morgan fingerprint density at radius 2 is 1.59 bits per heavy atom. The summed E-state index contributed by atoms with van der Waals surface area (Å²) in [6, 6.07) is 6.15. The Balaban J connectivity index is 1.59. The molecule has 2 aliphatic rings. The molecule has 1 aromatic carbocycles. The molecule has 1 aromatic rings. The molecular formula is C25H34F5OS. The number of hydrogen-bond acceptors (Lipinski definition) is 2. The highest BCUT2D eigenvalue weighted by Gasteiger charge is 2.67. The fourth-order valence-corrected chi connectivity index (χ4v) is 5.30. The van der Waals surface area contributed by atoms with Crippen LogP contribution in [0.3, 0.4) is 0 Å². The maximum absolute atomic E-state index is 15.7. The van der Waals surface area contributed by atoms with Crippen molar-refractivity contribution >= 4 is 12.6 Å². The van der Waals surface area contributed by atoms with Crippen molar-refractivity contribution in [2.45, 2.75) is 99.5 Å². The van der Waals surface area contributed by atoms with Crippen molar-refractivity contribution in [3.8, 4) is 5.75 Å². The highest BCUT2D eigenvalue weighted by Crippen LogP contribution is 2.52. The van der Waals surface area contributed by atoms with Gasteiger partial charge in [0.05, 0.1) is 0 Å². The van der Waals surface area contributed by atoms with Gasteiger partial charge in [0.1, 0.15) is 18.5 Å². The second-order valence-corrected chi connectivity index (χ2v) is 9.99. The van der Waals surface area contributed by atoms with Gasteiger partial charge in [-0.15, -0.1) is 12.6 Å². The molecule has 0 saturated heterocycles. The minimum atomic E-state index is -3.05.